The molecule has 0 saturated heterocycles. The quantitative estimate of drug-likeness (QED) is 0.898. The first-order chi connectivity index (χ1) is 8.56. The monoisotopic (exact) mass is 261 g/mol. The van der Waals surface area contributed by atoms with Gasteiger partial charge in [0.2, 0.25) is 0 Å². The van der Waals surface area contributed by atoms with Crippen LogP contribution in [0.2, 0.25) is 0 Å². The van der Waals surface area contributed by atoms with Gasteiger partial charge in [-0.2, -0.15) is 11.3 Å². The lowest BCUT2D eigenvalue weighted by Gasteiger charge is -2.15. The molecular formula is C14H19N3S. The third-order valence-corrected chi connectivity index (χ3v) is 3.50. The molecule has 0 amide bonds. The molecule has 0 aliphatic carbocycles. The van der Waals surface area contributed by atoms with Gasteiger partial charge >= 0.3 is 0 Å². The van der Waals surface area contributed by atoms with Gasteiger partial charge in [-0.25, -0.2) is 9.97 Å². The highest BCUT2D eigenvalue weighted by Gasteiger charge is 2.09. The van der Waals surface area contributed by atoms with E-state index < -0.39 is 0 Å². The van der Waals surface area contributed by atoms with Gasteiger partial charge in [-0.05, 0) is 36.2 Å². The lowest BCUT2D eigenvalue weighted by molar-refractivity contribution is 0.761. The summed E-state index contributed by atoms with van der Waals surface area (Å²) in [5, 5.41) is 7.69. The highest BCUT2D eigenvalue weighted by Crippen LogP contribution is 2.21. The van der Waals surface area contributed by atoms with Crippen molar-refractivity contribution < 1.29 is 0 Å². The van der Waals surface area contributed by atoms with Crippen molar-refractivity contribution in [3.63, 3.8) is 0 Å². The summed E-state index contributed by atoms with van der Waals surface area (Å²) in [5.41, 5.74) is 2.30. The molecule has 0 bridgehead atoms. The Labute approximate surface area is 112 Å². The van der Waals surface area contributed by atoms with E-state index in [1.54, 1.807) is 11.3 Å². The maximum absolute atomic E-state index is 4.56. The van der Waals surface area contributed by atoms with Crippen LogP contribution in [0.15, 0.2) is 22.9 Å². The van der Waals surface area contributed by atoms with E-state index in [1.807, 2.05) is 13.0 Å². The SMILES string of the molecule is Cc1cc(NC(C)c2ccsc2)nc(C(C)C)n1. The van der Waals surface area contributed by atoms with Crippen molar-refractivity contribution in [3.05, 3.63) is 40.0 Å². The van der Waals surface area contributed by atoms with Crippen LogP contribution in [0.4, 0.5) is 5.82 Å². The minimum Gasteiger partial charge on any atom is -0.363 e. The van der Waals surface area contributed by atoms with Crippen molar-refractivity contribution in [2.75, 3.05) is 5.32 Å². The minimum absolute atomic E-state index is 0.269. The van der Waals surface area contributed by atoms with Crippen LogP contribution < -0.4 is 5.32 Å². The van der Waals surface area contributed by atoms with Gasteiger partial charge < -0.3 is 5.32 Å². The van der Waals surface area contributed by atoms with E-state index in [4.69, 9.17) is 0 Å². The van der Waals surface area contributed by atoms with Gasteiger partial charge in [0, 0.05) is 17.7 Å². The number of thiophene rings is 1. The van der Waals surface area contributed by atoms with Crippen LogP contribution in [0, 0.1) is 6.92 Å². The molecule has 96 valence electrons. The second-order valence-electron chi connectivity index (χ2n) is 4.83. The second kappa shape index (κ2) is 5.48. The molecule has 0 aliphatic rings. The Balaban J connectivity index is 2.18. The maximum atomic E-state index is 4.56. The average Bonchev–Trinajstić information content (AvgIpc) is 2.81. The summed E-state index contributed by atoms with van der Waals surface area (Å²) < 4.78 is 0. The maximum Gasteiger partial charge on any atom is 0.133 e. The van der Waals surface area contributed by atoms with Crippen LogP contribution in [0.5, 0.6) is 0 Å². The van der Waals surface area contributed by atoms with Crippen molar-refractivity contribution >= 4 is 17.2 Å². The molecule has 1 N–H and O–H groups in total. The van der Waals surface area contributed by atoms with Gasteiger partial charge in [0.25, 0.3) is 0 Å². The molecule has 3 nitrogen and oxygen atoms in total. The van der Waals surface area contributed by atoms with Crippen LogP contribution in [0.1, 0.15) is 49.8 Å². The van der Waals surface area contributed by atoms with E-state index in [0.717, 1.165) is 17.3 Å². The fourth-order valence-electron chi connectivity index (χ4n) is 1.75. The van der Waals surface area contributed by atoms with Crippen molar-refractivity contribution in [2.24, 2.45) is 0 Å². The van der Waals surface area contributed by atoms with Crippen molar-refractivity contribution in [1.29, 1.82) is 0 Å². The van der Waals surface area contributed by atoms with E-state index >= 15 is 0 Å². The van der Waals surface area contributed by atoms with Gasteiger partial charge in [0.1, 0.15) is 11.6 Å². The first-order valence-electron chi connectivity index (χ1n) is 6.20. The molecule has 18 heavy (non-hydrogen) atoms. The molecule has 0 aliphatic heterocycles. The Morgan fingerprint density at radius 2 is 2.00 bits per heavy atom. The Morgan fingerprint density at radius 3 is 2.61 bits per heavy atom. The largest absolute Gasteiger partial charge is 0.363 e. The van der Waals surface area contributed by atoms with E-state index in [0.29, 0.717) is 5.92 Å². The molecular weight excluding hydrogens is 242 g/mol. The number of aryl methyl sites for hydroxylation is 1. The molecule has 4 heteroatoms. The molecule has 2 rings (SSSR count). The smallest absolute Gasteiger partial charge is 0.133 e. The number of hydrogen-bond donors (Lipinski definition) is 1. The number of nitrogens with zero attached hydrogens (tertiary/aromatic N) is 2. The van der Waals surface area contributed by atoms with Crippen LogP contribution in [-0.4, -0.2) is 9.97 Å². The number of anilines is 1. The summed E-state index contributed by atoms with van der Waals surface area (Å²) in [6.45, 7) is 8.38. The third kappa shape index (κ3) is 3.07. The Kier molecular flexibility index (Phi) is 3.97. The predicted molar refractivity (Wildman–Crippen MR) is 77.2 cm³/mol. The highest BCUT2D eigenvalue weighted by atomic mass is 32.1. The molecule has 0 spiro atoms. The molecule has 0 aromatic carbocycles. The predicted octanol–water partition coefficient (Wildman–Crippen LogP) is 4.14. The fourth-order valence-corrected chi connectivity index (χ4v) is 2.50. The minimum atomic E-state index is 0.269. The second-order valence-corrected chi connectivity index (χ2v) is 5.61. The lowest BCUT2D eigenvalue weighted by atomic mass is 10.2. The summed E-state index contributed by atoms with van der Waals surface area (Å²) >= 11 is 1.72. The third-order valence-electron chi connectivity index (χ3n) is 2.80. The fraction of sp³-hybridized carbons (Fsp3) is 0.429. The Bertz CT molecular complexity index is 506. The molecule has 0 fully saturated rings. The van der Waals surface area contributed by atoms with E-state index in [1.165, 1.54) is 5.56 Å². The number of aromatic nitrogens is 2. The van der Waals surface area contributed by atoms with E-state index in [2.05, 4.69) is 52.9 Å². The first kappa shape index (κ1) is 13.0. The highest BCUT2D eigenvalue weighted by molar-refractivity contribution is 7.07. The first-order valence-corrected chi connectivity index (χ1v) is 7.14. The van der Waals surface area contributed by atoms with Gasteiger partial charge in [-0.3, -0.25) is 0 Å². The molecule has 0 radical (unpaired) electrons. The summed E-state index contributed by atoms with van der Waals surface area (Å²) in [7, 11) is 0. The van der Waals surface area contributed by atoms with Gasteiger partial charge in [-0.1, -0.05) is 13.8 Å². The summed E-state index contributed by atoms with van der Waals surface area (Å²) in [4.78, 5) is 9.02. The van der Waals surface area contributed by atoms with Gasteiger partial charge in [0.15, 0.2) is 0 Å². The zero-order valence-corrected chi connectivity index (χ0v) is 12.1. The summed E-state index contributed by atoms with van der Waals surface area (Å²) in [5.74, 6) is 2.15. The standard InChI is InChI=1S/C14H19N3S/c1-9(2)14-15-10(3)7-13(17-14)16-11(4)12-5-6-18-8-12/h5-9,11H,1-4H3,(H,15,16,17). The van der Waals surface area contributed by atoms with E-state index in [-0.39, 0.29) is 6.04 Å². The van der Waals surface area contributed by atoms with Gasteiger partial charge in [0.05, 0.1) is 6.04 Å². The average molecular weight is 261 g/mol. The molecule has 2 heterocycles. The summed E-state index contributed by atoms with van der Waals surface area (Å²) in [6, 6.07) is 4.40. The van der Waals surface area contributed by atoms with Crippen LogP contribution in [-0.2, 0) is 0 Å². The van der Waals surface area contributed by atoms with E-state index in [9.17, 15) is 0 Å². The van der Waals surface area contributed by atoms with Crippen LogP contribution >= 0.6 is 11.3 Å². The lowest BCUT2D eigenvalue weighted by Crippen LogP contribution is -2.10. The topological polar surface area (TPSA) is 37.8 Å². The van der Waals surface area contributed by atoms with Crippen LogP contribution in [0.25, 0.3) is 0 Å². The normalized spacial score (nSPS) is 12.7. The molecule has 2 aromatic heterocycles. The molecule has 1 unspecified atom stereocenters. The molecule has 1 atom stereocenters. The number of rotatable bonds is 4. The van der Waals surface area contributed by atoms with Crippen molar-refractivity contribution in [1.82, 2.24) is 9.97 Å². The van der Waals surface area contributed by atoms with Crippen molar-refractivity contribution in [3.8, 4) is 0 Å². The zero-order valence-electron chi connectivity index (χ0n) is 11.3. The van der Waals surface area contributed by atoms with Crippen molar-refractivity contribution in [2.45, 2.75) is 39.7 Å². The Morgan fingerprint density at radius 1 is 1.22 bits per heavy atom. The van der Waals surface area contributed by atoms with Gasteiger partial charge in [-0.15, -0.1) is 0 Å². The molecule has 2 aromatic rings. The zero-order chi connectivity index (χ0) is 13.1. The number of nitrogens with one attached hydrogen (secondary N) is 1. The van der Waals surface area contributed by atoms with Crippen LogP contribution in [0.3, 0.4) is 0 Å². The number of hydrogen-bond acceptors (Lipinski definition) is 4. The summed E-state index contributed by atoms with van der Waals surface area (Å²) in [6.07, 6.45) is 0. The Hall–Kier alpha value is -1.42. The molecule has 0 saturated carbocycles.